The Kier molecular flexibility index (Phi) is 10.2. The van der Waals surface area contributed by atoms with E-state index in [0.717, 1.165) is 63.9 Å². The fourth-order valence-electron chi connectivity index (χ4n) is 7.93. The van der Waals surface area contributed by atoms with Gasteiger partial charge >= 0.3 is 6.18 Å². The van der Waals surface area contributed by atoms with E-state index in [1.807, 2.05) is 6.07 Å². The molecular weight excluding hydrogens is 653 g/mol. The predicted octanol–water partition coefficient (Wildman–Crippen LogP) is 7.09. The topological polar surface area (TPSA) is 84.8 Å². The van der Waals surface area contributed by atoms with Crippen LogP contribution in [0, 0.1) is 17.3 Å². The number of hydrogen-bond acceptors (Lipinski definition) is 7. The van der Waals surface area contributed by atoms with Crippen LogP contribution in [-0.2, 0) is 21.1 Å². The maximum atomic E-state index is 13.8. The lowest BCUT2D eigenvalue weighted by Gasteiger charge is -2.52. The molecule has 2 aliphatic heterocycles. The summed E-state index contributed by atoms with van der Waals surface area (Å²) in [6, 6.07) is 11.9. The number of ether oxygens (including phenoxy) is 2. The molecule has 1 spiro atoms. The van der Waals surface area contributed by atoms with E-state index in [9.17, 15) is 21.6 Å². The third-order valence-electron chi connectivity index (χ3n) is 11.0. The van der Waals surface area contributed by atoms with Gasteiger partial charge in [0.15, 0.2) is 9.84 Å². The first-order valence-electron chi connectivity index (χ1n) is 17.2. The van der Waals surface area contributed by atoms with E-state index in [2.05, 4.69) is 34.3 Å². The summed E-state index contributed by atoms with van der Waals surface area (Å²) in [6.07, 6.45) is 5.71. The Hall–Kier alpha value is -3.40. The highest BCUT2D eigenvalue weighted by atomic mass is 32.2. The molecular formula is C37H47F3N4O4S. The van der Waals surface area contributed by atoms with Crippen LogP contribution < -0.4 is 15.4 Å². The van der Waals surface area contributed by atoms with E-state index in [1.165, 1.54) is 49.5 Å². The number of likely N-dealkylation sites (tertiary alicyclic amines) is 1. The van der Waals surface area contributed by atoms with Gasteiger partial charge in [-0.1, -0.05) is 12.0 Å². The molecule has 0 amide bonds. The van der Waals surface area contributed by atoms with Gasteiger partial charge in [0.05, 0.1) is 35.4 Å². The standard InChI is InChI=1S/C37H47F3N4O4S/c1-35(43-20-15-36(16-21-43)17-22-48-23-18-36)13-11-27(12-14-35)42-31-7-4-8-33-30(31)24-28(44(33)26-37(38,39)40)6-5-19-41-32-10-9-29(49(3,45)46)25-34(32)47-2/h4,7-10,24-25,27,41-42H,11-23,26H2,1-3H3. The summed E-state index contributed by atoms with van der Waals surface area (Å²) >= 11 is 0. The lowest BCUT2D eigenvalue weighted by molar-refractivity contribution is -0.140. The molecule has 3 aliphatic rings. The molecule has 12 heteroatoms. The number of halogens is 3. The van der Waals surface area contributed by atoms with Crippen LogP contribution in [-0.4, -0.2) is 81.9 Å². The van der Waals surface area contributed by atoms with Crippen molar-refractivity contribution in [3.05, 3.63) is 48.2 Å². The first kappa shape index (κ1) is 35.4. The van der Waals surface area contributed by atoms with E-state index in [4.69, 9.17) is 9.47 Å². The molecule has 3 fully saturated rings. The van der Waals surface area contributed by atoms with Gasteiger partial charge in [-0.15, -0.1) is 0 Å². The van der Waals surface area contributed by atoms with Crippen molar-refractivity contribution in [2.75, 3.05) is 56.8 Å². The van der Waals surface area contributed by atoms with Gasteiger partial charge in [0, 0.05) is 48.2 Å². The molecule has 1 aliphatic carbocycles. The minimum Gasteiger partial charge on any atom is -0.495 e. The van der Waals surface area contributed by atoms with Crippen LogP contribution in [0.2, 0.25) is 0 Å². The second kappa shape index (κ2) is 14.1. The molecule has 0 bridgehead atoms. The highest BCUT2D eigenvalue weighted by Gasteiger charge is 2.42. The lowest BCUT2D eigenvalue weighted by Crippen LogP contribution is -2.55. The average Bonchev–Trinajstić information content (AvgIpc) is 3.40. The smallest absolute Gasteiger partial charge is 0.406 e. The largest absolute Gasteiger partial charge is 0.495 e. The Balaban J connectivity index is 1.14. The molecule has 0 radical (unpaired) electrons. The van der Waals surface area contributed by atoms with Crippen molar-refractivity contribution in [1.82, 2.24) is 9.47 Å². The van der Waals surface area contributed by atoms with Gasteiger partial charge in [0.2, 0.25) is 0 Å². The highest BCUT2D eigenvalue weighted by molar-refractivity contribution is 7.90. The van der Waals surface area contributed by atoms with E-state index in [1.54, 1.807) is 24.3 Å². The van der Waals surface area contributed by atoms with Gasteiger partial charge in [-0.25, -0.2) is 8.42 Å². The number of anilines is 2. The van der Waals surface area contributed by atoms with Crippen LogP contribution in [0.25, 0.3) is 10.9 Å². The summed E-state index contributed by atoms with van der Waals surface area (Å²) in [6.45, 7) is 5.44. The molecule has 8 nitrogen and oxygen atoms in total. The van der Waals surface area contributed by atoms with Crippen molar-refractivity contribution in [1.29, 1.82) is 0 Å². The SMILES string of the molecule is COc1cc(S(C)(=O)=O)ccc1NCC#Cc1cc2c(NC3CCC(C)(N4CCC5(CCOCC5)CC4)CC3)cccc2n1CC(F)(F)F. The third kappa shape index (κ3) is 8.16. The van der Waals surface area contributed by atoms with Crippen molar-refractivity contribution in [3.63, 3.8) is 0 Å². The van der Waals surface area contributed by atoms with Gasteiger partial charge in [0.25, 0.3) is 0 Å². The number of piperidine rings is 1. The molecule has 6 rings (SSSR count). The number of benzene rings is 2. The van der Waals surface area contributed by atoms with Crippen molar-refractivity contribution in [2.24, 2.45) is 5.41 Å². The molecule has 3 aromatic rings. The number of rotatable bonds is 8. The third-order valence-corrected chi connectivity index (χ3v) is 12.1. The normalized spacial score (nSPS) is 23.2. The number of aromatic nitrogens is 1. The first-order valence-corrected chi connectivity index (χ1v) is 19.1. The highest BCUT2D eigenvalue weighted by Crippen LogP contribution is 2.45. The summed E-state index contributed by atoms with van der Waals surface area (Å²) in [5.74, 6) is 6.21. The number of fused-ring (bicyclic) bond motifs is 1. The quantitative estimate of drug-likeness (QED) is 0.243. The van der Waals surface area contributed by atoms with E-state index in [0.29, 0.717) is 27.8 Å². The summed E-state index contributed by atoms with van der Waals surface area (Å²) < 4.78 is 77.3. The number of sulfone groups is 1. The lowest BCUT2D eigenvalue weighted by atomic mass is 9.70. The predicted molar refractivity (Wildman–Crippen MR) is 187 cm³/mol. The molecule has 2 saturated heterocycles. The summed E-state index contributed by atoms with van der Waals surface area (Å²) in [7, 11) is -1.98. The minimum atomic E-state index is -4.43. The van der Waals surface area contributed by atoms with Gasteiger partial charge in [-0.05, 0) is 113 Å². The number of methoxy groups -OCH3 is 1. The summed E-state index contributed by atoms with van der Waals surface area (Å²) in [4.78, 5) is 2.83. The van der Waals surface area contributed by atoms with Crippen LogP contribution in [0.5, 0.6) is 5.75 Å². The van der Waals surface area contributed by atoms with Gasteiger partial charge in [-0.2, -0.15) is 13.2 Å². The number of nitrogens with zero attached hydrogens (tertiary/aromatic N) is 2. The zero-order chi connectivity index (χ0) is 34.9. The molecule has 0 atom stereocenters. The second-order valence-corrected chi connectivity index (χ2v) is 16.3. The van der Waals surface area contributed by atoms with Crippen molar-refractivity contribution in [3.8, 4) is 17.6 Å². The summed E-state index contributed by atoms with van der Waals surface area (Å²) in [5, 5.41) is 7.48. The minimum absolute atomic E-state index is 0.112. The Morgan fingerprint density at radius 2 is 1.71 bits per heavy atom. The maximum Gasteiger partial charge on any atom is 0.406 e. The molecule has 2 N–H and O–H groups in total. The summed E-state index contributed by atoms with van der Waals surface area (Å²) in [5.41, 5.74) is 2.73. The zero-order valence-corrected chi connectivity index (χ0v) is 29.4. The van der Waals surface area contributed by atoms with Crippen molar-refractivity contribution < 1.29 is 31.1 Å². The number of alkyl halides is 3. The number of hydrogen-bond donors (Lipinski definition) is 2. The Morgan fingerprint density at radius 3 is 2.37 bits per heavy atom. The molecule has 3 heterocycles. The molecule has 0 unspecified atom stereocenters. The van der Waals surface area contributed by atoms with Crippen molar-refractivity contribution >= 4 is 32.1 Å². The average molecular weight is 701 g/mol. The molecule has 1 aromatic heterocycles. The molecule has 49 heavy (non-hydrogen) atoms. The molecule has 2 aromatic carbocycles. The second-order valence-electron chi connectivity index (χ2n) is 14.3. The Bertz CT molecular complexity index is 1800. The zero-order valence-electron chi connectivity index (χ0n) is 28.6. The van der Waals surface area contributed by atoms with E-state index in [-0.39, 0.29) is 28.7 Å². The van der Waals surface area contributed by atoms with Gasteiger partial charge in [-0.3, -0.25) is 4.90 Å². The fourth-order valence-corrected chi connectivity index (χ4v) is 8.57. The number of nitrogens with one attached hydrogen (secondary N) is 2. The molecule has 266 valence electrons. The van der Waals surface area contributed by atoms with Crippen LogP contribution in [0.4, 0.5) is 24.5 Å². The fraction of sp³-hybridized carbons (Fsp3) is 0.568. The van der Waals surface area contributed by atoms with Gasteiger partial charge in [0.1, 0.15) is 12.3 Å². The van der Waals surface area contributed by atoms with Crippen LogP contribution >= 0.6 is 0 Å². The Morgan fingerprint density at radius 1 is 1.00 bits per heavy atom. The first-order chi connectivity index (χ1) is 23.3. The monoisotopic (exact) mass is 700 g/mol. The van der Waals surface area contributed by atoms with Crippen molar-refractivity contribution in [2.45, 2.75) is 87.5 Å². The maximum absolute atomic E-state index is 13.8. The Labute approximate surface area is 287 Å². The van der Waals surface area contributed by atoms with Gasteiger partial charge < -0.3 is 24.7 Å². The van der Waals surface area contributed by atoms with E-state index < -0.39 is 22.6 Å². The van der Waals surface area contributed by atoms with Crippen LogP contribution in [0.1, 0.15) is 64.0 Å². The van der Waals surface area contributed by atoms with Crippen LogP contribution in [0.15, 0.2) is 47.4 Å². The molecule has 1 saturated carbocycles. The van der Waals surface area contributed by atoms with E-state index >= 15 is 0 Å². The van der Waals surface area contributed by atoms with Crippen LogP contribution in [0.3, 0.4) is 0 Å².